The molecule has 1 rings (SSSR count). The number of hydrogen-bond donors (Lipinski definition) is 3. The zero-order valence-corrected chi connectivity index (χ0v) is 24.1. The Morgan fingerprint density at radius 1 is 1.11 bits per heavy atom. The number of thioether (sulfide) groups is 1. The van der Waals surface area contributed by atoms with Gasteiger partial charge in [-0.05, 0) is 90.2 Å². The molecule has 37 heavy (non-hydrogen) atoms. The minimum absolute atomic E-state index is 0.0375. The molecule has 0 bridgehead atoms. The monoisotopic (exact) mass is 539 g/mol. The predicted molar refractivity (Wildman–Crippen MR) is 143 cm³/mol. The molecule has 3 amide bonds. The van der Waals surface area contributed by atoms with Crippen molar-refractivity contribution < 1.29 is 33.8 Å². The number of esters is 1. The van der Waals surface area contributed by atoms with E-state index >= 15 is 0 Å². The van der Waals surface area contributed by atoms with Crippen LogP contribution in [-0.4, -0.2) is 76.7 Å². The topological polar surface area (TPSA) is 134 Å². The number of carbonyl (C=O) groups excluding carboxylic acids is 4. The highest BCUT2D eigenvalue weighted by Crippen LogP contribution is 2.32. The van der Waals surface area contributed by atoms with Crippen LogP contribution in [0.3, 0.4) is 0 Å². The second-order valence-electron chi connectivity index (χ2n) is 10.6. The molecule has 0 aliphatic heterocycles. The summed E-state index contributed by atoms with van der Waals surface area (Å²) in [5.74, 6) is -1.14. The summed E-state index contributed by atoms with van der Waals surface area (Å²) < 4.78 is 10.0. The van der Waals surface area contributed by atoms with Crippen LogP contribution < -0.4 is 10.6 Å². The summed E-state index contributed by atoms with van der Waals surface area (Å²) in [6.07, 6.45) is 1.45. The highest BCUT2D eigenvalue weighted by Gasteiger charge is 2.42. The zero-order chi connectivity index (χ0) is 28.6. The number of phenolic OH excluding ortho intramolecular Hbond substituents is 1. The molecule has 0 saturated heterocycles. The summed E-state index contributed by atoms with van der Waals surface area (Å²) in [4.78, 5) is 53.3. The fourth-order valence-corrected chi connectivity index (χ4v) is 4.02. The van der Waals surface area contributed by atoms with Crippen LogP contribution in [0.25, 0.3) is 0 Å². The number of aryl methyl sites for hydroxylation is 1. The minimum atomic E-state index is -1.17. The third-order valence-corrected chi connectivity index (χ3v) is 5.88. The molecule has 11 heteroatoms. The first kappa shape index (κ1) is 32.1. The Balaban J connectivity index is 3.58. The average Bonchev–Trinajstić information content (AvgIpc) is 2.77. The minimum Gasteiger partial charge on any atom is -0.508 e. The van der Waals surface area contributed by atoms with Gasteiger partial charge in [-0.2, -0.15) is 11.8 Å². The summed E-state index contributed by atoms with van der Waals surface area (Å²) in [5, 5.41) is 15.3. The van der Waals surface area contributed by atoms with E-state index in [0.29, 0.717) is 23.3 Å². The first-order chi connectivity index (χ1) is 17.0. The van der Waals surface area contributed by atoms with Crippen LogP contribution in [0, 0.1) is 6.92 Å². The quantitative estimate of drug-likeness (QED) is 0.386. The Hall–Kier alpha value is -2.95. The van der Waals surface area contributed by atoms with Gasteiger partial charge in [-0.1, -0.05) is 6.07 Å². The lowest BCUT2D eigenvalue weighted by Gasteiger charge is -2.43. The normalized spacial score (nSPS) is 13.2. The highest BCUT2D eigenvalue weighted by atomic mass is 32.2. The van der Waals surface area contributed by atoms with Crippen molar-refractivity contribution in [2.45, 2.75) is 78.1 Å². The molecule has 0 heterocycles. The van der Waals surface area contributed by atoms with E-state index in [1.54, 1.807) is 60.6 Å². The van der Waals surface area contributed by atoms with E-state index in [4.69, 9.17) is 4.74 Å². The Bertz CT molecular complexity index is 970. The molecular weight excluding hydrogens is 498 g/mol. The van der Waals surface area contributed by atoms with Crippen molar-refractivity contribution in [2.24, 2.45) is 0 Å². The van der Waals surface area contributed by atoms with Gasteiger partial charge in [0.05, 0.1) is 7.11 Å². The van der Waals surface area contributed by atoms with Crippen molar-refractivity contribution >= 4 is 35.6 Å². The number of nitrogens with one attached hydrogen (secondary N) is 2. The van der Waals surface area contributed by atoms with Gasteiger partial charge in [-0.15, -0.1) is 0 Å². The van der Waals surface area contributed by atoms with E-state index < -0.39 is 47.1 Å². The number of aromatic hydroxyl groups is 1. The summed E-state index contributed by atoms with van der Waals surface area (Å²) in [6, 6.07) is 2.46. The van der Waals surface area contributed by atoms with E-state index in [0.717, 1.165) is 0 Å². The maximum absolute atomic E-state index is 14.1. The summed E-state index contributed by atoms with van der Waals surface area (Å²) in [5.41, 5.74) is -0.707. The maximum atomic E-state index is 14.1. The fourth-order valence-electron chi connectivity index (χ4n) is 3.55. The molecule has 0 aromatic heterocycles. The molecule has 0 aliphatic carbocycles. The molecular formula is C26H41N3O7S. The number of ether oxygens (including phenoxy) is 2. The van der Waals surface area contributed by atoms with Gasteiger partial charge in [0.25, 0.3) is 0 Å². The molecule has 10 nitrogen and oxygen atoms in total. The third-order valence-electron chi connectivity index (χ3n) is 5.24. The van der Waals surface area contributed by atoms with Crippen LogP contribution in [0.15, 0.2) is 18.2 Å². The van der Waals surface area contributed by atoms with E-state index in [9.17, 15) is 24.3 Å². The fraction of sp³-hybridized carbons (Fsp3) is 0.615. The second kappa shape index (κ2) is 13.6. The second-order valence-corrected chi connectivity index (χ2v) is 11.6. The van der Waals surface area contributed by atoms with Crippen molar-refractivity contribution in [1.29, 1.82) is 0 Å². The SMILES string of the molecule is COC(=O)CNC(=O)C(c1ccc(O)c(C)c1)N(C(=O)C(CCSC)NC(=O)OC(C)(C)C)C(C)(C)C. The molecule has 2 atom stereocenters. The van der Waals surface area contributed by atoms with E-state index in [2.05, 4.69) is 15.4 Å². The molecule has 2 unspecified atom stereocenters. The smallest absolute Gasteiger partial charge is 0.408 e. The molecule has 1 aromatic carbocycles. The summed E-state index contributed by atoms with van der Waals surface area (Å²) in [6.45, 7) is 11.8. The van der Waals surface area contributed by atoms with Gasteiger partial charge in [0, 0.05) is 5.54 Å². The number of amides is 3. The molecule has 0 aliphatic rings. The number of alkyl carbamates (subject to hydrolysis) is 1. The standard InChI is InChI=1S/C26H41N3O7S/c1-16-14-17(10-11-19(16)30)21(22(32)27-15-20(31)35-8)29(25(2,3)4)23(33)18(12-13-37-9)28-24(34)36-26(5,6)7/h10-11,14,18,21,30H,12-13,15H2,1-9H3,(H,27,32)(H,28,34). The van der Waals surface area contributed by atoms with Crippen molar-refractivity contribution in [3.05, 3.63) is 29.3 Å². The highest BCUT2D eigenvalue weighted by molar-refractivity contribution is 7.98. The van der Waals surface area contributed by atoms with Gasteiger partial charge in [-0.25, -0.2) is 4.79 Å². The van der Waals surface area contributed by atoms with Crippen LogP contribution in [0.2, 0.25) is 0 Å². The van der Waals surface area contributed by atoms with Gasteiger partial charge in [-0.3, -0.25) is 14.4 Å². The Morgan fingerprint density at radius 2 is 1.73 bits per heavy atom. The lowest BCUT2D eigenvalue weighted by Crippen LogP contribution is -2.59. The molecule has 0 fully saturated rings. The van der Waals surface area contributed by atoms with E-state index in [1.807, 2.05) is 6.26 Å². The van der Waals surface area contributed by atoms with Crippen LogP contribution in [0.4, 0.5) is 4.79 Å². The zero-order valence-electron chi connectivity index (χ0n) is 23.3. The molecule has 208 valence electrons. The lowest BCUT2D eigenvalue weighted by molar-refractivity contribution is -0.149. The Labute approximate surface area is 223 Å². The number of hydrogen-bond acceptors (Lipinski definition) is 8. The Kier molecular flexibility index (Phi) is 11.8. The first-order valence-corrected chi connectivity index (χ1v) is 13.4. The van der Waals surface area contributed by atoms with Gasteiger partial charge in [0.2, 0.25) is 11.8 Å². The van der Waals surface area contributed by atoms with Gasteiger partial charge in [0.15, 0.2) is 0 Å². The number of rotatable bonds is 10. The van der Waals surface area contributed by atoms with Gasteiger partial charge >= 0.3 is 12.1 Å². The van der Waals surface area contributed by atoms with E-state index in [1.165, 1.54) is 29.8 Å². The van der Waals surface area contributed by atoms with Crippen molar-refractivity contribution in [1.82, 2.24) is 15.5 Å². The molecule has 0 spiro atoms. The van der Waals surface area contributed by atoms with Crippen LogP contribution >= 0.6 is 11.8 Å². The summed E-state index contributed by atoms with van der Waals surface area (Å²) >= 11 is 1.51. The number of phenols is 1. The number of carbonyl (C=O) groups is 4. The third kappa shape index (κ3) is 10.1. The molecule has 3 N–H and O–H groups in total. The van der Waals surface area contributed by atoms with Crippen LogP contribution in [0.1, 0.15) is 65.1 Å². The van der Waals surface area contributed by atoms with Crippen LogP contribution in [-0.2, 0) is 23.9 Å². The van der Waals surface area contributed by atoms with Gasteiger partial charge in [0.1, 0.15) is 30.0 Å². The van der Waals surface area contributed by atoms with Crippen molar-refractivity contribution in [3.63, 3.8) is 0 Å². The maximum Gasteiger partial charge on any atom is 0.408 e. The first-order valence-electron chi connectivity index (χ1n) is 12.0. The van der Waals surface area contributed by atoms with Crippen molar-refractivity contribution in [2.75, 3.05) is 25.7 Å². The largest absolute Gasteiger partial charge is 0.508 e. The molecule has 0 radical (unpaired) electrons. The van der Waals surface area contributed by atoms with Crippen LogP contribution in [0.5, 0.6) is 5.75 Å². The number of methoxy groups -OCH3 is 1. The summed E-state index contributed by atoms with van der Waals surface area (Å²) in [7, 11) is 1.21. The lowest BCUT2D eigenvalue weighted by atomic mass is 9.94. The van der Waals surface area contributed by atoms with Gasteiger partial charge < -0.3 is 30.1 Å². The van der Waals surface area contributed by atoms with E-state index in [-0.39, 0.29) is 12.3 Å². The predicted octanol–water partition coefficient (Wildman–Crippen LogP) is 3.30. The number of nitrogens with zero attached hydrogens (tertiary/aromatic N) is 1. The molecule has 0 saturated carbocycles. The Morgan fingerprint density at radius 3 is 2.22 bits per heavy atom. The van der Waals surface area contributed by atoms with Crippen molar-refractivity contribution in [3.8, 4) is 5.75 Å². The number of benzene rings is 1. The molecule has 1 aromatic rings. The average molecular weight is 540 g/mol.